The third kappa shape index (κ3) is 5.04. The molecule has 1 atom stereocenters. The van der Waals surface area contributed by atoms with Crippen molar-refractivity contribution in [2.45, 2.75) is 19.1 Å². The van der Waals surface area contributed by atoms with E-state index in [4.69, 9.17) is 4.74 Å². The lowest BCUT2D eigenvalue weighted by Crippen LogP contribution is -2.52. The van der Waals surface area contributed by atoms with Crippen molar-refractivity contribution in [1.82, 2.24) is 15.1 Å². The molecule has 0 aliphatic carbocycles. The van der Waals surface area contributed by atoms with Crippen LogP contribution in [0.3, 0.4) is 0 Å². The molecule has 150 valence electrons. The van der Waals surface area contributed by atoms with Gasteiger partial charge >= 0.3 is 0 Å². The summed E-state index contributed by atoms with van der Waals surface area (Å²) in [6.07, 6.45) is 1.22. The number of hydrogen-bond acceptors (Lipinski definition) is 4. The van der Waals surface area contributed by atoms with Gasteiger partial charge in [-0.3, -0.25) is 9.69 Å². The van der Waals surface area contributed by atoms with Crippen LogP contribution in [0.15, 0.2) is 54.6 Å². The first-order valence-electron chi connectivity index (χ1n) is 9.80. The Morgan fingerprint density at radius 3 is 2.54 bits per heavy atom. The number of piperazine rings is 1. The number of nitrogens with zero attached hydrogens (tertiary/aromatic N) is 2. The Morgan fingerprint density at radius 2 is 1.82 bits per heavy atom. The summed E-state index contributed by atoms with van der Waals surface area (Å²) >= 11 is 0. The molecule has 1 unspecified atom stereocenters. The Hall–Kier alpha value is -2.08. The van der Waals surface area contributed by atoms with Crippen molar-refractivity contribution in [2.24, 2.45) is 0 Å². The van der Waals surface area contributed by atoms with Gasteiger partial charge in [-0.05, 0) is 36.7 Å². The van der Waals surface area contributed by atoms with Crippen molar-refractivity contribution < 1.29 is 9.53 Å². The molecule has 2 aliphatic heterocycles. The maximum atomic E-state index is 12.9. The first-order chi connectivity index (χ1) is 13.3. The van der Waals surface area contributed by atoms with Crippen molar-refractivity contribution in [1.29, 1.82) is 0 Å². The van der Waals surface area contributed by atoms with Crippen LogP contribution in [0, 0.1) is 0 Å². The van der Waals surface area contributed by atoms with E-state index in [2.05, 4.69) is 10.2 Å². The number of nitrogens with one attached hydrogen (secondary N) is 1. The fourth-order valence-electron chi connectivity index (χ4n) is 3.88. The second-order valence-electron chi connectivity index (χ2n) is 7.28. The topological polar surface area (TPSA) is 44.8 Å². The number of amides is 1. The minimum atomic E-state index is 0. The molecule has 0 radical (unpaired) electrons. The lowest BCUT2D eigenvalue weighted by molar-refractivity contribution is 0.0583. The predicted octanol–water partition coefficient (Wildman–Crippen LogP) is 2.81. The second-order valence-corrected chi connectivity index (χ2v) is 7.28. The average molecular weight is 402 g/mol. The van der Waals surface area contributed by atoms with Gasteiger partial charge < -0.3 is 15.0 Å². The lowest BCUT2D eigenvalue weighted by atomic mass is 10.1. The quantitative estimate of drug-likeness (QED) is 0.836. The minimum absolute atomic E-state index is 0. The van der Waals surface area contributed by atoms with Gasteiger partial charge in [-0.15, -0.1) is 12.4 Å². The standard InChI is InChI=1S/C22H27N3O2.ClH/c26-22(25-13-11-24(12-14-25)20-9-10-23-16-20)19-7-4-8-21(15-19)27-17-18-5-2-1-3-6-18;/h1-8,15,20,23H,9-14,16-17H2;1H. The zero-order chi connectivity index (χ0) is 18.5. The van der Waals surface area contributed by atoms with Gasteiger partial charge in [0.25, 0.3) is 5.91 Å². The largest absolute Gasteiger partial charge is 0.489 e. The molecule has 6 heteroatoms. The van der Waals surface area contributed by atoms with Crippen LogP contribution in [-0.4, -0.2) is 61.0 Å². The van der Waals surface area contributed by atoms with Gasteiger partial charge in [-0.25, -0.2) is 0 Å². The number of carbonyl (C=O) groups excluding carboxylic acids is 1. The molecule has 1 N–H and O–H groups in total. The molecule has 0 saturated carbocycles. The van der Waals surface area contributed by atoms with Crippen molar-refractivity contribution >= 4 is 18.3 Å². The van der Waals surface area contributed by atoms with Crippen molar-refractivity contribution in [3.63, 3.8) is 0 Å². The second kappa shape index (κ2) is 9.92. The Labute approximate surface area is 173 Å². The Balaban J connectivity index is 0.00000225. The Bertz CT molecular complexity index is 757. The van der Waals surface area contributed by atoms with Gasteiger partial charge in [0.15, 0.2) is 0 Å². The average Bonchev–Trinajstić information content (AvgIpc) is 3.28. The van der Waals surface area contributed by atoms with E-state index in [1.54, 1.807) is 0 Å². The summed E-state index contributed by atoms with van der Waals surface area (Å²) in [5.74, 6) is 0.838. The van der Waals surface area contributed by atoms with E-state index in [1.807, 2.05) is 59.5 Å². The zero-order valence-electron chi connectivity index (χ0n) is 16.0. The number of carbonyl (C=O) groups is 1. The molecule has 2 aromatic carbocycles. The normalized spacial score (nSPS) is 19.9. The number of benzene rings is 2. The van der Waals surface area contributed by atoms with Crippen LogP contribution in [0.25, 0.3) is 0 Å². The first kappa shape index (κ1) is 20.6. The first-order valence-corrected chi connectivity index (χ1v) is 9.80. The molecule has 0 spiro atoms. The van der Waals surface area contributed by atoms with Gasteiger partial charge in [0.1, 0.15) is 12.4 Å². The van der Waals surface area contributed by atoms with Crippen LogP contribution >= 0.6 is 12.4 Å². The summed E-state index contributed by atoms with van der Waals surface area (Å²) in [6, 6.07) is 18.2. The van der Waals surface area contributed by atoms with Crippen molar-refractivity contribution in [2.75, 3.05) is 39.3 Å². The summed E-state index contributed by atoms with van der Waals surface area (Å²) in [5.41, 5.74) is 1.82. The highest BCUT2D eigenvalue weighted by Crippen LogP contribution is 2.18. The van der Waals surface area contributed by atoms with Crippen LogP contribution < -0.4 is 10.1 Å². The van der Waals surface area contributed by atoms with E-state index in [1.165, 1.54) is 6.42 Å². The molecule has 0 bridgehead atoms. The molecular weight excluding hydrogens is 374 g/mol. The van der Waals surface area contributed by atoms with E-state index in [0.29, 0.717) is 18.2 Å². The molecule has 0 aromatic heterocycles. The molecule has 5 nitrogen and oxygen atoms in total. The van der Waals surface area contributed by atoms with Gasteiger partial charge in [-0.1, -0.05) is 36.4 Å². The van der Waals surface area contributed by atoms with E-state index in [-0.39, 0.29) is 18.3 Å². The number of halogens is 1. The van der Waals surface area contributed by atoms with Crippen LogP contribution in [0.4, 0.5) is 0 Å². The predicted molar refractivity (Wildman–Crippen MR) is 113 cm³/mol. The molecule has 2 saturated heterocycles. The van der Waals surface area contributed by atoms with E-state index < -0.39 is 0 Å². The van der Waals surface area contributed by atoms with Crippen LogP contribution in [0.2, 0.25) is 0 Å². The summed E-state index contributed by atoms with van der Waals surface area (Å²) in [5, 5.41) is 3.42. The van der Waals surface area contributed by atoms with Gasteiger partial charge in [0.05, 0.1) is 0 Å². The van der Waals surface area contributed by atoms with Gasteiger partial charge in [0, 0.05) is 44.3 Å². The van der Waals surface area contributed by atoms with Crippen LogP contribution in [-0.2, 0) is 6.61 Å². The lowest BCUT2D eigenvalue weighted by Gasteiger charge is -2.37. The van der Waals surface area contributed by atoms with Crippen molar-refractivity contribution in [3.05, 3.63) is 65.7 Å². The maximum absolute atomic E-state index is 12.9. The third-order valence-electron chi connectivity index (χ3n) is 5.48. The van der Waals surface area contributed by atoms with Gasteiger partial charge in [0.2, 0.25) is 0 Å². The van der Waals surface area contributed by atoms with E-state index in [0.717, 1.165) is 50.6 Å². The molecule has 2 fully saturated rings. The molecule has 2 aromatic rings. The summed E-state index contributed by atoms with van der Waals surface area (Å²) in [7, 11) is 0. The monoisotopic (exact) mass is 401 g/mol. The highest BCUT2D eigenvalue weighted by molar-refractivity contribution is 5.94. The summed E-state index contributed by atoms with van der Waals surface area (Å²) in [6.45, 7) is 6.21. The van der Waals surface area contributed by atoms with Crippen molar-refractivity contribution in [3.8, 4) is 5.75 Å². The van der Waals surface area contributed by atoms with E-state index in [9.17, 15) is 4.79 Å². The Morgan fingerprint density at radius 1 is 1.04 bits per heavy atom. The molecule has 2 aliphatic rings. The summed E-state index contributed by atoms with van der Waals surface area (Å²) in [4.78, 5) is 17.4. The number of ether oxygens (including phenoxy) is 1. The fourth-order valence-corrected chi connectivity index (χ4v) is 3.88. The maximum Gasteiger partial charge on any atom is 0.254 e. The summed E-state index contributed by atoms with van der Waals surface area (Å²) < 4.78 is 5.87. The molecule has 28 heavy (non-hydrogen) atoms. The number of hydrogen-bond donors (Lipinski definition) is 1. The zero-order valence-corrected chi connectivity index (χ0v) is 16.9. The smallest absolute Gasteiger partial charge is 0.254 e. The molecule has 1 amide bonds. The SMILES string of the molecule is Cl.O=C(c1cccc(OCc2ccccc2)c1)N1CCN(C2CCNC2)CC1. The van der Waals surface area contributed by atoms with Gasteiger partial charge in [-0.2, -0.15) is 0 Å². The fraction of sp³-hybridized carbons (Fsp3) is 0.409. The third-order valence-corrected chi connectivity index (χ3v) is 5.48. The van der Waals surface area contributed by atoms with Crippen LogP contribution in [0.1, 0.15) is 22.3 Å². The highest BCUT2D eigenvalue weighted by Gasteiger charge is 2.28. The highest BCUT2D eigenvalue weighted by atomic mass is 35.5. The Kier molecular flexibility index (Phi) is 7.31. The molecular formula is C22H28ClN3O2. The molecule has 4 rings (SSSR count). The molecule has 2 heterocycles. The minimum Gasteiger partial charge on any atom is -0.489 e. The number of rotatable bonds is 5. The van der Waals surface area contributed by atoms with Crippen LogP contribution in [0.5, 0.6) is 5.75 Å². The van der Waals surface area contributed by atoms with E-state index >= 15 is 0 Å².